The van der Waals surface area contributed by atoms with Crippen molar-refractivity contribution in [2.45, 2.75) is 413 Å². The molecule has 0 N–H and O–H groups in total. The van der Waals surface area contributed by atoms with Gasteiger partial charge in [0.2, 0.25) is 6.20 Å². The first-order valence-corrected chi connectivity index (χ1v) is 34.9. The minimum Gasteiger partial charge on any atom is -0.209 e. The molecule has 0 aliphatic carbocycles. The van der Waals surface area contributed by atoms with E-state index >= 15 is 0 Å². The van der Waals surface area contributed by atoms with Gasteiger partial charge in [0.1, 0.15) is 0 Å². The maximum Gasteiger partial charge on any atom is 0.348 e. The smallest absolute Gasteiger partial charge is 0.209 e. The number of unbranched alkanes of at least 4 members (excludes halogenated alkanes) is 55. The fourth-order valence-electron chi connectivity index (χ4n) is 12.4. The van der Waals surface area contributed by atoms with Crippen molar-refractivity contribution in [1.82, 2.24) is 0 Å². The second-order valence-electron chi connectivity index (χ2n) is 24.6. The number of amidine groups is 1. The monoisotopic (exact) mass is 1010 g/mol. The summed E-state index contributed by atoms with van der Waals surface area (Å²) < 4.78 is 4.05. The molecule has 1 unspecified atom stereocenters. The minimum atomic E-state index is 1.22. The molecule has 2 nitrogen and oxygen atoms in total. The highest BCUT2D eigenvalue weighted by molar-refractivity contribution is 5.72. The molecular formula is C70H140N2+2. The van der Waals surface area contributed by atoms with Gasteiger partial charge in [0, 0.05) is 6.42 Å². The molecule has 1 rings (SSSR count). The molecule has 0 bridgehead atoms. The molecule has 1 aliphatic heterocycles. The van der Waals surface area contributed by atoms with E-state index in [-0.39, 0.29) is 0 Å². The zero-order valence-electron chi connectivity index (χ0n) is 51.1. The van der Waals surface area contributed by atoms with Crippen LogP contribution < -0.4 is 0 Å². The molecule has 0 aromatic heterocycles. The quantitative estimate of drug-likeness (QED) is 0.0324. The Morgan fingerprint density at radius 2 is 0.431 bits per heavy atom. The zero-order valence-corrected chi connectivity index (χ0v) is 51.1. The van der Waals surface area contributed by atoms with Gasteiger partial charge < -0.3 is 0 Å². The summed E-state index contributed by atoms with van der Waals surface area (Å²) in [4.78, 5) is 0. The Morgan fingerprint density at radius 3 is 0.667 bits per heavy atom. The van der Waals surface area contributed by atoms with Crippen molar-refractivity contribution >= 4 is 5.84 Å². The van der Waals surface area contributed by atoms with Crippen molar-refractivity contribution < 1.29 is 9.06 Å². The third kappa shape index (κ3) is 45.6. The van der Waals surface area contributed by atoms with E-state index < -0.39 is 0 Å². The Bertz CT molecular complexity index is 1090. The molecule has 0 saturated carbocycles. The Morgan fingerprint density at radius 1 is 0.236 bits per heavy atom. The van der Waals surface area contributed by atoms with Crippen LogP contribution in [0.4, 0.5) is 0 Å². The number of hydrogen-bond donors (Lipinski definition) is 0. The van der Waals surface area contributed by atoms with E-state index in [1.165, 1.54) is 409 Å². The van der Waals surface area contributed by atoms with Gasteiger partial charge in [-0.3, -0.25) is 0 Å². The average Bonchev–Trinajstić information content (AvgIpc) is 3.73. The molecule has 1 heterocycles. The average molecular weight is 1010 g/mol. The van der Waals surface area contributed by atoms with E-state index in [0.29, 0.717) is 0 Å². The molecule has 428 valence electrons. The third-order valence-electron chi connectivity index (χ3n) is 17.5. The van der Waals surface area contributed by atoms with Gasteiger partial charge in [0.15, 0.2) is 12.7 Å². The predicted molar refractivity (Wildman–Crippen MR) is 329 cm³/mol. The van der Waals surface area contributed by atoms with Crippen LogP contribution in [0.2, 0.25) is 0 Å². The van der Waals surface area contributed by atoms with Crippen LogP contribution in [0.1, 0.15) is 413 Å². The number of rotatable bonds is 63. The van der Waals surface area contributed by atoms with Crippen LogP contribution in [0.25, 0.3) is 0 Å². The fraction of sp³-hybridized carbons (Fsp3) is 0.957. The van der Waals surface area contributed by atoms with Crippen LogP contribution in [0, 0.1) is 0 Å². The van der Waals surface area contributed by atoms with E-state index in [1.807, 2.05) is 5.84 Å². The summed E-state index contributed by atoms with van der Waals surface area (Å²) in [7, 11) is 0. The summed E-state index contributed by atoms with van der Waals surface area (Å²) in [6.07, 6.45) is 92.5. The lowest BCUT2D eigenvalue weighted by molar-refractivity contribution is -0.801. The second-order valence-corrected chi connectivity index (χ2v) is 24.6. The van der Waals surface area contributed by atoms with E-state index in [1.54, 1.807) is 0 Å². The zero-order chi connectivity index (χ0) is 51.6. The normalized spacial score (nSPS) is 14.8. The maximum atomic E-state index is 2.83. The van der Waals surface area contributed by atoms with Crippen molar-refractivity contribution in [2.75, 3.05) is 19.6 Å². The number of hydrogen-bond acceptors (Lipinski definition) is 0. The highest BCUT2D eigenvalue weighted by Crippen LogP contribution is 2.27. The molecule has 0 aromatic rings. The Balaban J connectivity index is 2.70. The highest BCUT2D eigenvalue weighted by atomic mass is 15.4. The molecule has 72 heavy (non-hydrogen) atoms. The van der Waals surface area contributed by atoms with Crippen LogP contribution in [0.15, 0.2) is 12.4 Å². The van der Waals surface area contributed by atoms with E-state index in [9.17, 15) is 0 Å². The van der Waals surface area contributed by atoms with Crippen molar-refractivity contribution in [3.8, 4) is 0 Å². The lowest BCUT2D eigenvalue weighted by Gasteiger charge is -2.29. The first kappa shape index (κ1) is 69.4. The van der Waals surface area contributed by atoms with Gasteiger partial charge >= 0.3 is 5.84 Å². The third-order valence-corrected chi connectivity index (χ3v) is 17.5. The van der Waals surface area contributed by atoms with Crippen LogP contribution in [0.3, 0.4) is 0 Å². The summed E-state index contributed by atoms with van der Waals surface area (Å²) in [6.45, 7) is 13.3. The molecular weight excluding hydrogens is 869 g/mol. The van der Waals surface area contributed by atoms with Gasteiger partial charge in [-0.25, -0.2) is 4.48 Å². The largest absolute Gasteiger partial charge is 0.348 e. The SMILES string of the molecule is CCCCCCCCCCCCCCCCCCC1=[N+](CCCCCCCCCCCCCCCCCC)C=C[N+]1(CCCCCCCCCCCCCCC)CCCCCCCCCCCCCCCC. The Labute approximate surface area is 457 Å². The van der Waals surface area contributed by atoms with Crippen LogP contribution in [-0.2, 0) is 0 Å². The van der Waals surface area contributed by atoms with E-state index in [2.05, 4.69) is 44.7 Å². The molecule has 0 radical (unpaired) electrons. The van der Waals surface area contributed by atoms with Gasteiger partial charge in [-0.15, -0.1) is 0 Å². The maximum absolute atomic E-state index is 2.83. The van der Waals surface area contributed by atoms with Gasteiger partial charge in [0.05, 0.1) is 19.5 Å². The summed E-state index contributed by atoms with van der Waals surface area (Å²) in [6, 6.07) is 0. The summed E-state index contributed by atoms with van der Waals surface area (Å²) >= 11 is 0. The van der Waals surface area contributed by atoms with Crippen LogP contribution >= 0.6 is 0 Å². The molecule has 1 atom stereocenters. The van der Waals surface area contributed by atoms with Crippen molar-refractivity contribution in [1.29, 1.82) is 0 Å². The number of nitrogens with zero attached hydrogens (tertiary/aromatic N) is 2. The van der Waals surface area contributed by atoms with Gasteiger partial charge in [-0.1, -0.05) is 362 Å². The molecule has 0 spiro atoms. The molecule has 0 saturated heterocycles. The van der Waals surface area contributed by atoms with E-state index in [0.717, 1.165) is 0 Å². The summed E-state index contributed by atoms with van der Waals surface area (Å²) in [5.74, 6) is 1.81. The standard InChI is InChI=1S/C70H140N2/c1-5-9-13-17-21-25-29-33-36-38-40-44-48-52-56-60-64-70-71(65-61-57-53-49-45-41-39-37-34-30-26-22-18-14-10-6-2)66-69-72(70,67-62-58-54-50-46-42-32-28-24-20-16-12-8-4)68-63-59-55-51-47-43-35-31-27-23-19-15-11-7-3/h66,69H,5-65,67-68H2,1-4H3/q+2. The highest BCUT2D eigenvalue weighted by Gasteiger charge is 2.42. The van der Waals surface area contributed by atoms with Gasteiger partial charge in [-0.2, -0.15) is 4.58 Å². The minimum absolute atomic E-state index is 1.22. The summed E-state index contributed by atoms with van der Waals surface area (Å²) in [5, 5.41) is 0. The fourth-order valence-corrected chi connectivity index (χ4v) is 12.4. The van der Waals surface area contributed by atoms with Crippen molar-refractivity contribution in [3.63, 3.8) is 0 Å². The lowest BCUT2D eigenvalue weighted by atomic mass is 10.0. The van der Waals surface area contributed by atoms with Crippen LogP contribution in [-0.4, -0.2) is 34.5 Å². The van der Waals surface area contributed by atoms with Gasteiger partial charge in [0.25, 0.3) is 0 Å². The summed E-state index contributed by atoms with van der Waals surface area (Å²) in [5.41, 5.74) is 0. The lowest BCUT2D eigenvalue weighted by Crippen LogP contribution is -2.50. The Kier molecular flexibility index (Phi) is 56.0. The first-order valence-electron chi connectivity index (χ1n) is 34.9. The molecule has 1 aliphatic rings. The van der Waals surface area contributed by atoms with E-state index in [4.69, 9.17) is 0 Å². The van der Waals surface area contributed by atoms with Crippen molar-refractivity contribution in [2.24, 2.45) is 0 Å². The van der Waals surface area contributed by atoms with Gasteiger partial charge in [-0.05, 0) is 38.5 Å². The molecule has 0 fully saturated rings. The second kappa shape index (κ2) is 58.1. The first-order chi connectivity index (χ1) is 35.7. The predicted octanol–water partition coefficient (Wildman–Crippen LogP) is 25.2. The molecule has 2 heteroatoms. The van der Waals surface area contributed by atoms with Crippen molar-refractivity contribution in [3.05, 3.63) is 12.4 Å². The number of quaternary nitrogens is 1. The Hall–Kier alpha value is -0.630. The molecule has 0 amide bonds. The molecule has 0 aromatic carbocycles. The topological polar surface area (TPSA) is 3.01 Å². The van der Waals surface area contributed by atoms with Crippen LogP contribution in [0.5, 0.6) is 0 Å².